The van der Waals surface area contributed by atoms with Gasteiger partial charge in [0.25, 0.3) is 0 Å². The molecule has 10 nitrogen and oxygen atoms in total. The number of ether oxygens (including phenoxy) is 2. The first-order valence-corrected chi connectivity index (χ1v) is 11.3. The molecule has 0 saturated carbocycles. The predicted octanol–water partition coefficient (Wildman–Crippen LogP) is -1.67. The zero-order valence-corrected chi connectivity index (χ0v) is 19.0. The fourth-order valence-corrected chi connectivity index (χ4v) is 3.85. The van der Waals surface area contributed by atoms with Crippen molar-refractivity contribution in [2.45, 2.75) is 25.0 Å². The molecule has 2 aromatic carbocycles. The summed E-state index contributed by atoms with van der Waals surface area (Å²) < 4.78 is 22.5. The molecule has 3 rings (SSSR count). The molecule has 0 aliphatic carbocycles. The molecule has 0 aromatic heterocycles. The van der Waals surface area contributed by atoms with Gasteiger partial charge in [-0.25, -0.2) is 0 Å². The third-order valence-corrected chi connectivity index (χ3v) is 5.51. The topological polar surface area (TPSA) is 170 Å². The van der Waals surface area contributed by atoms with Gasteiger partial charge in [0, 0.05) is 50.1 Å². The minimum atomic E-state index is -1.36. The number of hydrogen-bond donors (Lipinski definition) is 6. The van der Waals surface area contributed by atoms with Crippen LogP contribution in [0.1, 0.15) is 36.2 Å². The molecule has 12 heteroatoms. The van der Waals surface area contributed by atoms with Gasteiger partial charge in [0.2, 0.25) is 0 Å². The first-order chi connectivity index (χ1) is 16.5. The van der Waals surface area contributed by atoms with E-state index in [9.17, 15) is 15.2 Å². The van der Waals surface area contributed by atoms with Crippen molar-refractivity contribution in [1.29, 1.82) is 0 Å². The molecule has 0 fully saturated rings. The van der Waals surface area contributed by atoms with Gasteiger partial charge in [-0.05, 0) is 23.3 Å². The Kier molecular flexibility index (Phi) is 10.2. The van der Waals surface area contributed by atoms with Crippen molar-refractivity contribution >= 4 is 25.2 Å². The molecule has 0 radical (unpaired) electrons. The summed E-state index contributed by atoms with van der Waals surface area (Å²) in [6, 6.07) is 10.4. The van der Waals surface area contributed by atoms with Crippen molar-refractivity contribution in [2.24, 2.45) is 11.5 Å². The van der Waals surface area contributed by atoms with Crippen molar-refractivity contribution in [3.05, 3.63) is 47.5 Å². The summed E-state index contributed by atoms with van der Waals surface area (Å²) in [6.07, 6.45) is -0.499. The van der Waals surface area contributed by atoms with Crippen LogP contribution in [0.3, 0.4) is 0 Å². The Labute approximate surface area is 199 Å². The van der Waals surface area contributed by atoms with E-state index in [0.29, 0.717) is 40.8 Å². The Morgan fingerprint density at radius 1 is 1.03 bits per heavy atom. The molecule has 1 heterocycles. The van der Waals surface area contributed by atoms with E-state index in [-0.39, 0.29) is 45.6 Å². The zero-order valence-electron chi connectivity index (χ0n) is 19.0. The highest BCUT2D eigenvalue weighted by atomic mass is 16.5. The average molecular weight is 474 g/mol. The summed E-state index contributed by atoms with van der Waals surface area (Å²) in [4.78, 5) is 0. The van der Waals surface area contributed by atoms with Crippen LogP contribution in [-0.2, 0) is 9.31 Å². The van der Waals surface area contributed by atoms with Gasteiger partial charge in [0.05, 0.1) is 25.4 Å². The molecular weight excluding hydrogens is 442 g/mol. The number of rotatable bonds is 14. The van der Waals surface area contributed by atoms with Gasteiger partial charge < -0.3 is 50.5 Å². The normalized spacial score (nSPS) is 15.8. The summed E-state index contributed by atoms with van der Waals surface area (Å²) in [7, 11) is -2.45. The van der Waals surface area contributed by atoms with Crippen LogP contribution in [0.2, 0.25) is 0 Å². The molecule has 1 aliphatic rings. The maximum Gasteiger partial charge on any atom is 0.495 e. The van der Waals surface area contributed by atoms with E-state index < -0.39 is 20.3 Å². The Morgan fingerprint density at radius 2 is 1.74 bits per heavy atom. The third-order valence-electron chi connectivity index (χ3n) is 5.51. The number of fused-ring (bicyclic) bond motifs is 1. The van der Waals surface area contributed by atoms with Crippen LogP contribution in [0.4, 0.5) is 0 Å². The maximum atomic E-state index is 10.7. The molecule has 2 aromatic rings. The van der Waals surface area contributed by atoms with E-state index in [2.05, 4.69) is 0 Å². The van der Waals surface area contributed by atoms with Crippen molar-refractivity contribution in [1.82, 2.24) is 0 Å². The molecule has 2 unspecified atom stereocenters. The lowest BCUT2D eigenvalue weighted by Crippen LogP contribution is -2.39. The molecule has 8 N–H and O–H groups in total. The highest BCUT2D eigenvalue weighted by Gasteiger charge is 2.37. The van der Waals surface area contributed by atoms with E-state index in [1.165, 1.54) is 0 Å². The lowest BCUT2D eigenvalue weighted by atomic mass is 9.74. The zero-order chi connectivity index (χ0) is 24.5. The quantitative estimate of drug-likeness (QED) is 0.138. The van der Waals surface area contributed by atoms with Crippen LogP contribution in [0.15, 0.2) is 36.4 Å². The van der Waals surface area contributed by atoms with Gasteiger partial charge >= 0.3 is 14.2 Å². The van der Waals surface area contributed by atoms with Gasteiger partial charge in [0.15, 0.2) is 0 Å². The third kappa shape index (κ3) is 6.29. The number of aliphatic hydroxyl groups excluding tert-OH is 2. The van der Waals surface area contributed by atoms with Crippen molar-refractivity contribution in [3.8, 4) is 11.5 Å². The Bertz CT molecular complexity index is 922. The second kappa shape index (κ2) is 13.1. The van der Waals surface area contributed by atoms with E-state index in [4.69, 9.17) is 35.4 Å². The summed E-state index contributed by atoms with van der Waals surface area (Å²) in [5.41, 5.74) is 13.4. The van der Waals surface area contributed by atoms with Crippen LogP contribution in [0, 0.1) is 0 Å². The number of nitrogens with two attached hydrogens (primary N) is 2. The lowest BCUT2D eigenvalue weighted by molar-refractivity contribution is 0.185. The monoisotopic (exact) mass is 474 g/mol. The van der Waals surface area contributed by atoms with Gasteiger partial charge in [-0.3, -0.25) is 0 Å². The van der Waals surface area contributed by atoms with Crippen LogP contribution >= 0.6 is 0 Å². The van der Waals surface area contributed by atoms with Crippen molar-refractivity contribution in [2.75, 3.05) is 39.5 Å². The molecule has 34 heavy (non-hydrogen) atoms. The summed E-state index contributed by atoms with van der Waals surface area (Å²) in [6.45, 7) is 0.870. The van der Waals surface area contributed by atoms with Gasteiger partial charge in [-0.15, -0.1) is 0 Å². The minimum Gasteiger partial charge on any atom is -0.494 e. The SMILES string of the molecule is NCC(O)c1cccc(OCCCO)c1B(O)OCCCOc1cccc2c1B(O)OC2CN. The highest BCUT2D eigenvalue weighted by molar-refractivity contribution is 6.63. The maximum absolute atomic E-state index is 10.7. The molecular formula is C22H32B2N2O8. The number of aliphatic hydroxyl groups is 2. The van der Waals surface area contributed by atoms with Crippen LogP contribution < -0.4 is 31.9 Å². The average Bonchev–Trinajstić information content (AvgIpc) is 3.19. The second-order valence-electron chi connectivity index (χ2n) is 7.83. The van der Waals surface area contributed by atoms with Crippen molar-refractivity contribution in [3.63, 3.8) is 0 Å². The number of benzene rings is 2. The van der Waals surface area contributed by atoms with Crippen LogP contribution in [-0.4, -0.2) is 74.0 Å². The highest BCUT2D eigenvalue weighted by Crippen LogP contribution is 2.27. The first-order valence-electron chi connectivity index (χ1n) is 11.3. The smallest absolute Gasteiger partial charge is 0.494 e. The van der Waals surface area contributed by atoms with Crippen LogP contribution in [0.5, 0.6) is 11.5 Å². The molecule has 184 valence electrons. The number of hydrogen-bond acceptors (Lipinski definition) is 10. The molecule has 1 aliphatic heterocycles. The minimum absolute atomic E-state index is 0.0276. The Morgan fingerprint density at radius 3 is 2.47 bits per heavy atom. The van der Waals surface area contributed by atoms with Crippen LogP contribution in [0.25, 0.3) is 0 Å². The van der Waals surface area contributed by atoms with E-state index in [0.717, 1.165) is 5.56 Å². The van der Waals surface area contributed by atoms with Gasteiger partial charge in [-0.2, -0.15) is 0 Å². The fourth-order valence-electron chi connectivity index (χ4n) is 3.85. The largest absolute Gasteiger partial charge is 0.495 e. The second-order valence-corrected chi connectivity index (χ2v) is 7.83. The first kappa shape index (κ1) is 26.5. The summed E-state index contributed by atoms with van der Waals surface area (Å²) in [5.74, 6) is 0.864. The van der Waals surface area contributed by atoms with E-state index in [1.807, 2.05) is 12.1 Å². The molecule has 0 saturated heterocycles. The Balaban J connectivity index is 1.59. The molecule has 2 atom stereocenters. The van der Waals surface area contributed by atoms with Gasteiger partial charge in [-0.1, -0.05) is 24.3 Å². The van der Waals surface area contributed by atoms with Gasteiger partial charge in [0.1, 0.15) is 11.5 Å². The molecule has 0 spiro atoms. The summed E-state index contributed by atoms with van der Waals surface area (Å²) in [5, 5.41) is 40.2. The predicted molar refractivity (Wildman–Crippen MR) is 128 cm³/mol. The molecule has 0 amide bonds. The Hall–Kier alpha value is -2.15. The van der Waals surface area contributed by atoms with E-state index >= 15 is 0 Å². The fraction of sp³-hybridized carbons (Fsp3) is 0.455. The molecule has 0 bridgehead atoms. The standard InChI is InChI=1S/C22H32B2N2O8/c25-13-17(28)15-5-1-7-18(31-10-3-9-27)21(15)23(29)33-12-4-11-32-19-8-2-6-16-20(14-26)34-24(30)22(16)19/h1-2,5-8,17,20,27-30H,3-4,9-14,25-26H2. The van der Waals surface area contributed by atoms with E-state index in [1.54, 1.807) is 24.3 Å². The van der Waals surface area contributed by atoms with Crippen molar-refractivity contribution < 1.29 is 39.0 Å². The summed E-state index contributed by atoms with van der Waals surface area (Å²) >= 11 is 0. The lowest BCUT2D eigenvalue weighted by Gasteiger charge is -2.20.